The first-order valence-corrected chi connectivity index (χ1v) is 17.2. The number of aliphatic hydroxyl groups is 1. The Balaban J connectivity index is 1.37. The van der Waals surface area contributed by atoms with Crippen LogP contribution in [0, 0.1) is 5.92 Å². The molecular weight excluding hydrogens is 663 g/mol. The van der Waals surface area contributed by atoms with Gasteiger partial charge in [0.15, 0.2) is 0 Å². The fourth-order valence-corrected chi connectivity index (χ4v) is 6.00. The van der Waals surface area contributed by atoms with Gasteiger partial charge in [-0.2, -0.15) is 13.2 Å². The standard InChI is InChI=1S/C38H48F3N5O5/c1-25-21-46(26(2)24-47)37(50)20-28-19-30(43-35(48)11-5-4-6-12-36(49)44-32-10-8-7-9-31(32)42)17-18-33(28)51-34(25)23-45(3)22-27-13-15-29(16-14-27)38(39,40)41/h7-10,13-19,25-26,34,47H,4-6,11-12,20-24,42H2,1-3H3,(H,43,48)(H,44,49)/t25-,26+,34+/m0/s1. The van der Waals surface area contributed by atoms with Gasteiger partial charge in [0.25, 0.3) is 0 Å². The second-order valence-electron chi connectivity index (χ2n) is 13.3. The zero-order chi connectivity index (χ0) is 37.1. The van der Waals surface area contributed by atoms with E-state index in [0.29, 0.717) is 79.3 Å². The van der Waals surface area contributed by atoms with E-state index in [4.69, 9.17) is 10.5 Å². The quantitative estimate of drug-likeness (QED) is 0.117. The van der Waals surface area contributed by atoms with Gasteiger partial charge in [-0.25, -0.2) is 0 Å². The Morgan fingerprint density at radius 2 is 1.69 bits per heavy atom. The molecule has 3 aromatic carbocycles. The maximum Gasteiger partial charge on any atom is 0.416 e. The summed E-state index contributed by atoms with van der Waals surface area (Å²) in [6.45, 7) is 4.66. The highest BCUT2D eigenvalue weighted by Crippen LogP contribution is 2.31. The summed E-state index contributed by atoms with van der Waals surface area (Å²) in [7, 11) is 1.86. The molecule has 1 aliphatic rings. The predicted octanol–water partition coefficient (Wildman–Crippen LogP) is 6.10. The van der Waals surface area contributed by atoms with Crippen molar-refractivity contribution in [2.45, 2.75) is 77.2 Å². The molecule has 0 bridgehead atoms. The number of halogens is 3. The van der Waals surface area contributed by atoms with Crippen LogP contribution >= 0.6 is 0 Å². The van der Waals surface area contributed by atoms with Gasteiger partial charge in [-0.15, -0.1) is 0 Å². The van der Waals surface area contributed by atoms with Crippen molar-refractivity contribution in [3.8, 4) is 5.75 Å². The molecule has 0 aromatic heterocycles. The maximum absolute atomic E-state index is 13.5. The number of para-hydroxylation sites is 2. The van der Waals surface area contributed by atoms with Crippen molar-refractivity contribution in [3.05, 3.63) is 83.4 Å². The Hall–Kier alpha value is -4.62. The lowest BCUT2D eigenvalue weighted by atomic mass is 10.0. The molecule has 0 unspecified atom stereocenters. The van der Waals surface area contributed by atoms with Crippen LogP contribution in [0.5, 0.6) is 5.75 Å². The molecule has 3 atom stereocenters. The number of amides is 3. The summed E-state index contributed by atoms with van der Waals surface area (Å²) >= 11 is 0. The number of hydrogen-bond donors (Lipinski definition) is 4. The highest BCUT2D eigenvalue weighted by Gasteiger charge is 2.32. The van der Waals surface area contributed by atoms with Crippen LogP contribution in [0.1, 0.15) is 62.6 Å². The molecule has 0 saturated carbocycles. The van der Waals surface area contributed by atoms with Crippen LogP contribution < -0.4 is 21.1 Å². The number of nitrogens with zero attached hydrogens (tertiary/aromatic N) is 2. The number of unbranched alkanes of at least 4 members (excludes halogenated alkanes) is 2. The fraction of sp³-hybridized carbons (Fsp3) is 0.447. The summed E-state index contributed by atoms with van der Waals surface area (Å²) in [6, 6.07) is 16.9. The number of carbonyl (C=O) groups is 3. The number of aliphatic hydroxyl groups excluding tert-OH is 1. The number of hydrogen-bond acceptors (Lipinski definition) is 7. The lowest BCUT2D eigenvalue weighted by molar-refractivity contribution is -0.137. The molecule has 276 valence electrons. The number of ether oxygens (including phenoxy) is 1. The van der Waals surface area contributed by atoms with Crippen LogP contribution in [0.25, 0.3) is 0 Å². The van der Waals surface area contributed by atoms with Crippen LogP contribution in [0.4, 0.5) is 30.2 Å². The molecule has 5 N–H and O–H groups in total. The minimum atomic E-state index is -4.41. The van der Waals surface area contributed by atoms with Gasteiger partial charge in [-0.05, 0) is 74.8 Å². The molecule has 51 heavy (non-hydrogen) atoms. The van der Waals surface area contributed by atoms with Crippen molar-refractivity contribution in [1.82, 2.24) is 9.80 Å². The zero-order valence-electron chi connectivity index (χ0n) is 29.3. The van der Waals surface area contributed by atoms with Crippen molar-refractivity contribution in [2.24, 2.45) is 5.92 Å². The van der Waals surface area contributed by atoms with E-state index in [-0.39, 0.29) is 43.1 Å². The van der Waals surface area contributed by atoms with Gasteiger partial charge in [-0.1, -0.05) is 37.6 Å². The number of nitrogens with one attached hydrogen (secondary N) is 2. The number of anilines is 3. The minimum absolute atomic E-state index is 0.000905. The number of carbonyl (C=O) groups excluding carboxylic acids is 3. The average molecular weight is 712 g/mol. The van der Waals surface area contributed by atoms with Gasteiger partial charge in [0.1, 0.15) is 11.9 Å². The van der Waals surface area contributed by atoms with Crippen LogP contribution in [-0.2, 0) is 33.5 Å². The van der Waals surface area contributed by atoms with Crippen molar-refractivity contribution in [2.75, 3.05) is 43.1 Å². The third-order valence-corrected chi connectivity index (χ3v) is 8.97. The number of alkyl halides is 3. The molecule has 4 rings (SSSR count). The van der Waals surface area contributed by atoms with Crippen molar-refractivity contribution in [3.63, 3.8) is 0 Å². The molecule has 1 aliphatic heterocycles. The third-order valence-electron chi connectivity index (χ3n) is 8.97. The normalized spacial score (nSPS) is 17.1. The second kappa shape index (κ2) is 18.0. The molecule has 0 spiro atoms. The number of nitrogens with two attached hydrogens (primary N) is 1. The first-order chi connectivity index (χ1) is 24.2. The van der Waals surface area contributed by atoms with E-state index >= 15 is 0 Å². The molecular formula is C38H48F3N5O5. The van der Waals surface area contributed by atoms with E-state index in [1.807, 2.05) is 18.9 Å². The SMILES string of the molecule is C[C@H](CO)N1C[C@H](C)[C@@H](CN(C)Cc2ccc(C(F)(F)F)cc2)Oc2ccc(NC(=O)CCCCCC(=O)Nc3ccccc3N)cc2CC1=O. The van der Waals surface area contributed by atoms with Crippen molar-refractivity contribution >= 4 is 34.8 Å². The summed E-state index contributed by atoms with van der Waals surface area (Å²) in [4.78, 5) is 42.2. The van der Waals surface area contributed by atoms with Crippen LogP contribution in [0.15, 0.2) is 66.7 Å². The van der Waals surface area contributed by atoms with E-state index < -0.39 is 23.9 Å². The Morgan fingerprint density at radius 3 is 2.33 bits per heavy atom. The fourth-order valence-electron chi connectivity index (χ4n) is 6.00. The monoisotopic (exact) mass is 711 g/mol. The van der Waals surface area contributed by atoms with E-state index in [1.165, 1.54) is 12.1 Å². The van der Waals surface area contributed by atoms with Crippen LogP contribution in [0.3, 0.4) is 0 Å². The lowest BCUT2D eigenvalue weighted by Gasteiger charge is -2.34. The second-order valence-corrected chi connectivity index (χ2v) is 13.3. The van der Waals surface area contributed by atoms with E-state index in [9.17, 15) is 32.7 Å². The number of nitrogen functional groups attached to an aromatic ring is 1. The highest BCUT2D eigenvalue weighted by atomic mass is 19.4. The summed E-state index contributed by atoms with van der Waals surface area (Å²) in [6.07, 6.45) is -2.35. The smallest absolute Gasteiger partial charge is 0.416 e. The van der Waals surface area contributed by atoms with E-state index in [2.05, 4.69) is 10.6 Å². The van der Waals surface area contributed by atoms with E-state index in [0.717, 1.165) is 12.1 Å². The lowest BCUT2D eigenvalue weighted by Crippen LogP contribution is -2.47. The minimum Gasteiger partial charge on any atom is -0.488 e. The van der Waals surface area contributed by atoms with Crippen molar-refractivity contribution in [1.29, 1.82) is 0 Å². The topological polar surface area (TPSA) is 137 Å². The van der Waals surface area contributed by atoms with E-state index in [1.54, 1.807) is 54.3 Å². The first-order valence-electron chi connectivity index (χ1n) is 17.2. The Morgan fingerprint density at radius 1 is 1.02 bits per heavy atom. The Kier molecular flexibility index (Phi) is 13.9. The molecule has 3 amide bonds. The number of rotatable bonds is 14. The van der Waals surface area contributed by atoms with Gasteiger partial charge in [-0.3, -0.25) is 19.3 Å². The molecule has 13 heteroatoms. The number of fused-ring (bicyclic) bond motifs is 1. The van der Waals surface area contributed by atoms with Gasteiger partial charge in [0.05, 0.1) is 36.0 Å². The van der Waals surface area contributed by atoms with Crippen molar-refractivity contribution < 1.29 is 37.4 Å². The number of likely N-dealkylation sites (N-methyl/N-ethyl adjacent to an activating group) is 1. The predicted molar refractivity (Wildman–Crippen MR) is 191 cm³/mol. The molecule has 1 heterocycles. The summed E-state index contributed by atoms with van der Waals surface area (Å²) in [5.41, 5.74) is 8.06. The molecule has 0 saturated heterocycles. The average Bonchev–Trinajstić information content (AvgIpc) is 3.12. The summed E-state index contributed by atoms with van der Waals surface area (Å²) < 4.78 is 45.7. The molecule has 3 aromatic rings. The Labute approximate surface area is 297 Å². The molecule has 0 radical (unpaired) electrons. The zero-order valence-corrected chi connectivity index (χ0v) is 29.3. The maximum atomic E-state index is 13.5. The van der Waals surface area contributed by atoms with Gasteiger partial charge < -0.3 is 31.1 Å². The highest BCUT2D eigenvalue weighted by molar-refractivity contribution is 5.94. The third kappa shape index (κ3) is 11.7. The van der Waals surface area contributed by atoms with Crippen LogP contribution in [-0.4, -0.2) is 71.5 Å². The first kappa shape index (κ1) is 39.2. The van der Waals surface area contributed by atoms with Crippen LogP contribution in [0.2, 0.25) is 0 Å². The van der Waals surface area contributed by atoms with Gasteiger partial charge in [0, 0.05) is 49.6 Å². The number of benzene rings is 3. The molecule has 0 fully saturated rings. The Bertz CT molecular complexity index is 1630. The summed E-state index contributed by atoms with van der Waals surface area (Å²) in [5, 5.41) is 15.6. The molecule has 10 nitrogen and oxygen atoms in total. The van der Waals surface area contributed by atoms with Gasteiger partial charge in [0.2, 0.25) is 17.7 Å². The summed E-state index contributed by atoms with van der Waals surface area (Å²) in [5.74, 6) is -0.186. The van der Waals surface area contributed by atoms with Gasteiger partial charge >= 0.3 is 6.18 Å². The largest absolute Gasteiger partial charge is 0.488 e. The molecule has 0 aliphatic carbocycles.